The summed E-state index contributed by atoms with van der Waals surface area (Å²) in [7, 11) is 3.64. The van der Waals surface area contributed by atoms with Gasteiger partial charge >= 0.3 is 0 Å². The Labute approximate surface area is 113 Å². The zero-order valence-corrected chi connectivity index (χ0v) is 11.8. The van der Waals surface area contributed by atoms with Crippen molar-refractivity contribution in [3.63, 3.8) is 0 Å². The molecule has 2 heterocycles. The van der Waals surface area contributed by atoms with Gasteiger partial charge in [-0.25, -0.2) is 4.98 Å². The molecule has 0 unspecified atom stereocenters. The molecule has 6 nitrogen and oxygen atoms in total. The third-order valence-electron chi connectivity index (χ3n) is 2.84. The number of nitrogens with one attached hydrogen (secondary N) is 1. The summed E-state index contributed by atoms with van der Waals surface area (Å²) < 4.78 is 9.00. The van der Waals surface area contributed by atoms with Gasteiger partial charge in [-0.15, -0.1) is 0 Å². The lowest BCUT2D eigenvalue weighted by atomic mass is 10.4. The standard InChI is InChI=1S/C13H21N5O/c1-11-10-18(6-4-8-19-3)13(15-11)14-9-12-5-7-17(2)16-12/h5,7,10H,4,6,8-9H2,1-3H3,(H,14,15). The fourth-order valence-electron chi connectivity index (χ4n) is 1.96. The molecule has 6 heteroatoms. The second-order valence-electron chi connectivity index (χ2n) is 4.58. The van der Waals surface area contributed by atoms with Crippen molar-refractivity contribution in [2.45, 2.75) is 26.4 Å². The minimum absolute atomic E-state index is 0.682. The van der Waals surface area contributed by atoms with Gasteiger partial charge in [-0.2, -0.15) is 5.10 Å². The third kappa shape index (κ3) is 3.82. The van der Waals surface area contributed by atoms with Crippen LogP contribution in [0.25, 0.3) is 0 Å². The quantitative estimate of drug-likeness (QED) is 0.770. The van der Waals surface area contributed by atoms with Crippen molar-refractivity contribution in [3.05, 3.63) is 29.8 Å². The Morgan fingerprint density at radius 3 is 2.95 bits per heavy atom. The van der Waals surface area contributed by atoms with E-state index in [9.17, 15) is 0 Å². The molecule has 0 bridgehead atoms. The summed E-state index contributed by atoms with van der Waals surface area (Å²) >= 11 is 0. The number of methoxy groups -OCH3 is 1. The molecule has 0 aliphatic heterocycles. The van der Waals surface area contributed by atoms with Gasteiger partial charge in [0.05, 0.1) is 17.9 Å². The van der Waals surface area contributed by atoms with E-state index in [1.807, 2.05) is 26.2 Å². The lowest BCUT2D eigenvalue weighted by Crippen LogP contribution is -2.09. The normalized spacial score (nSPS) is 10.9. The van der Waals surface area contributed by atoms with Gasteiger partial charge in [-0.05, 0) is 19.4 Å². The van der Waals surface area contributed by atoms with E-state index in [4.69, 9.17) is 4.74 Å². The lowest BCUT2D eigenvalue weighted by molar-refractivity contribution is 0.190. The summed E-state index contributed by atoms with van der Waals surface area (Å²) in [6, 6.07) is 2.00. The molecule has 0 atom stereocenters. The molecule has 0 aliphatic rings. The molecule has 0 saturated carbocycles. The van der Waals surface area contributed by atoms with E-state index in [1.54, 1.807) is 11.8 Å². The molecule has 2 aromatic rings. The van der Waals surface area contributed by atoms with Crippen LogP contribution in [0.5, 0.6) is 0 Å². The topological polar surface area (TPSA) is 56.9 Å². The van der Waals surface area contributed by atoms with Crippen LogP contribution in [0.1, 0.15) is 17.8 Å². The van der Waals surface area contributed by atoms with E-state index in [0.717, 1.165) is 36.9 Å². The second kappa shape index (κ2) is 6.38. The predicted molar refractivity (Wildman–Crippen MR) is 74.0 cm³/mol. The maximum atomic E-state index is 5.08. The minimum atomic E-state index is 0.682. The Morgan fingerprint density at radius 1 is 1.42 bits per heavy atom. The van der Waals surface area contributed by atoms with Gasteiger partial charge in [-0.3, -0.25) is 4.68 Å². The van der Waals surface area contributed by atoms with Crippen LogP contribution in [0.2, 0.25) is 0 Å². The van der Waals surface area contributed by atoms with Crippen LogP contribution >= 0.6 is 0 Å². The van der Waals surface area contributed by atoms with Gasteiger partial charge in [0.15, 0.2) is 0 Å². The molecule has 2 aromatic heterocycles. The molecule has 19 heavy (non-hydrogen) atoms. The third-order valence-corrected chi connectivity index (χ3v) is 2.84. The maximum absolute atomic E-state index is 5.08. The average molecular weight is 263 g/mol. The van der Waals surface area contributed by atoms with Crippen molar-refractivity contribution in [1.82, 2.24) is 19.3 Å². The number of imidazole rings is 1. The summed E-state index contributed by atoms with van der Waals surface area (Å²) in [4.78, 5) is 4.49. The first-order valence-electron chi connectivity index (χ1n) is 6.44. The Bertz CT molecular complexity index is 517. The monoisotopic (exact) mass is 263 g/mol. The fourth-order valence-corrected chi connectivity index (χ4v) is 1.96. The lowest BCUT2D eigenvalue weighted by Gasteiger charge is -2.08. The van der Waals surface area contributed by atoms with Crippen molar-refractivity contribution < 1.29 is 4.74 Å². The van der Waals surface area contributed by atoms with Crippen molar-refractivity contribution in [2.75, 3.05) is 19.0 Å². The number of hydrogen-bond acceptors (Lipinski definition) is 4. The maximum Gasteiger partial charge on any atom is 0.203 e. The molecular formula is C13H21N5O. The SMILES string of the molecule is COCCCn1cc(C)nc1NCc1ccn(C)n1. The van der Waals surface area contributed by atoms with Gasteiger partial charge in [0, 0.05) is 39.7 Å². The van der Waals surface area contributed by atoms with Crippen molar-refractivity contribution >= 4 is 5.95 Å². The van der Waals surface area contributed by atoms with Gasteiger partial charge in [0.2, 0.25) is 5.95 Å². The molecule has 0 aromatic carbocycles. The summed E-state index contributed by atoms with van der Waals surface area (Å²) in [5.74, 6) is 0.888. The highest BCUT2D eigenvalue weighted by Crippen LogP contribution is 2.10. The van der Waals surface area contributed by atoms with Crippen LogP contribution in [0.15, 0.2) is 18.5 Å². The van der Waals surface area contributed by atoms with Gasteiger partial charge in [0.1, 0.15) is 0 Å². The number of aryl methyl sites for hydroxylation is 3. The largest absolute Gasteiger partial charge is 0.385 e. The first-order valence-corrected chi connectivity index (χ1v) is 6.44. The molecule has 0 saturated heterocycles. The van der Waals surface area contributed by atoms with Crippen molar-refractivity contribution in [3.8, 4) is 0 Å². The predicted octanol–water partition coefficient (Wildman–Crippen LogP) is 1.57. The number of anilines is 1. The van der Waals surface area contributed by atoms with Gasteiger partial charge in [-0.1, -0.05) is 0 Å². The molecule has 0 fully saturated rings. The average Bonchev–Trinajstić information content (AvgIpc) is 2.94. The first-order chi connectivity index (χ1) is 9.19. The van der Waals surface area contributed by atoms with Crippen LogP contribution in [0.4, 0.5) is 5.95 Å². The highest BCUT2D eigenvalue weighted by molar-refractivity contribution is 5.29. The zero-order chi connectivity index (χ0) is 13.7. The molecule has 0 aliphatic carbocycles. The Kier molecular flexibility index (Phi) is 4.57. The number of aromatic nitrogens is 4. The summed E-state index contributed by atoms with van der Waals surface area (Å²) in [5.41, 5.74) is 2.02. The van der Waals surface area contributed by atoms with Crippen molar-refractivity contribution in [2.24, 2.45) is 7.05 Å². The number of rotatable bonds is 7. The molecule has 0 radical (unpaired) electrons. The Balaban J connectivity index is 1.95. The van der Waals surface area contributed by atoms with Gasteiger partial charge in [0.25, 0.3) is 0 Å². The van der Waals surface area contributed by atoms with Gasteiger partial charge < -0.3 is 14.6 Å². The summed E-state index contributed by atoms with van der Waals surface area (Å²) in [6.07, 6.45) is 4.97. The smallest absolute Gasteiger partial charge is 0.203 e. The first kappa shape index (κ1) is 13.6. The van der Waals surface area contributed by atoms with Crippen LogP contribution in [-0.2, 0) is 24.9 Å². The van der Waals surface area contributed by atoms with E-state index in [1.165, 1.54) is 0 Å². The molecule has 0 amide bonds. The molecular weight excluding hydrogens is 242 g/mol. The zero-order valence-electron chi connectivity index (χ0n) is 11.8. The van der Waals surface area contributed by atoms with E-state index < -0.39 is 0 Å². The summed E-state index contributed by atoms with van der Waals surface area (Å²) in [5, 5.41) is 7.66. The van der Waals surface area contributed by atoms with E-state index in [-0.39, 0.29) is 0 Å². The molecule has 2 rings (SSSR count). The second-order valence-corrected chi connectivity index (χ2v) is 4.58. The van der Waals surface area contributed by atoms with E-state index in [0.29, 0.717) is 6.54 Å². The number of hydrogen-bond donors (Lipinski definition) is 1. The number of nitrogens with zero attached hydrogens (tertiary/aromatic N) is 4. The van der Waals surface area contributed by atoms with E-state index in [2.05, 4.69) is 26.2 Å². The minimum Gasteiger partial charge on any atom is -0.385 e. The molecule has 104 valence electrons. The Morgan fingerprint density at radius 2 is 2.26 bits per heavy atom. The van der Waals surface area contributed by atoms with E-state index >= 15 is 0 Å². The molecule has 0 spiro atoms. The van der Waals surface area contributed by atoms with Crippen LogP contribution in [0.3, 0.4) is 0 Å². The summed E-state index contributed by atoms with van der Waals surface area (Å²) in [6.45, 7) is 4.34. The fraction of sp³-hybridized carbons (Fsp3) is 0.538. The van der Waals surface area contributed by atoms with Crippen LogP contribution in [0, 0.1) is 6.92 Å². The Hall–Kier alpha value is -1.82. The highest BCUT2D eigenvalue weighted by atomic mass is 16.5. The van der Waals surface area contributed by atoms with Crippen LogP contribution < -0.4 is 5.32 Å². The molecule has 1 N–H and O–H groups in total. The number of ether oxygens (including phenoxy) is 1. The highest BCUT2D eigenvalue weighted by Gasteiger charge is 2.06. The van der Waals surface area contributed by atoms with Crippen LogP contribution in [-0.4, -0.2) is 33.0 Å². The van der Waals surface area contributed by atoms with Crippen molar-refractivity contribution in [1.29, 1.82) is 0 Å².